The summed E-state index contributed by atoms with van der Waals surface area (Å²) in [7, 11) is 0. The van der Waals surface area contributed by atoms with E-state index in [1.807, 2.05) is 45.0 Å². The molecule has 2 rings (SSSR count). The molecule has 0 saturated carbocycles. The lowest BCUT2D eigenvalue weighted by Gasteiger charge is -2.23. The maximum absolute atomic E-state index is 11.1. The van der Waals surface area contributed by atoms with E-state index >= 15 is 0 Å². The molecule has 1 heterocycles. The summed E-state index contributed by atoms with van der Waals surface area (Å²) in [5.74, 6) is 0. The number of cyclic esters (lactones) is 2. The van der Waals surface area contributed by atoms with Gasteiger partial charge in [0, 0.05) is 0 Å². The highest BCUT2D eigenvalue weighted by Gasteiger charge is 2.45. The Morgan fingerprint density at radius 1 is 1.27 bits per heavy atom. The van der Waals surface area contributed by atoms with Crippen LogP contribution in [-0.4, -0.2) is 11.8 Å². The lowest BCUT2D eigenvalue weighted by Crippen LogP contribution is -2.26. The minimum absolute atomic E-state index is 0.314. The van der Waals surface area contributed by atoms with Crippen molar-refractivity contribution >= 4 is 6.16 Å². The van der Waals surface area contributed by atoms with Crippen LogP contribution in [0.1, 0.15) is 31.1 Å². The third-order valence-electron chi connectivity index (χ3n) is 2.66. The first-order valence-electron chi connectivity index (χ1n) is 4.96. The maximum atomic E-state index is 11.1. The average Bonchev–Trinajstić information content (AvgIpc) is 2.40. The van der Waals surface area contributed by atoms with Crippen molar-refractivity contribution in [2.45, 2.75) is 32.5 Å². The predicted molar refractivity (Wildman–Crippen MR) is 55.6 cm³/mol. The van der Waals surface area contributed by atoms with Crippen LogP contribution in [0.5, 0.6) is 0 Å². The molecule has 0 aliphatic carbocycles. The highest BCUT2D eigenvalue weighted by molar-refractivity contribution is 5.64. The van der Waals surface area contributed by atoms with Crippen molar-refractivity contribution in [3.63, 3.8) is 0 Å². The Labute approximate surface area is 89.0 Å². The number of rotatable bonds is 1. The van der Waals surface area contributed by atoms with E-state index in [-0.39, 0.29) is 6.10 Å². The van der Waals surface area contributed by atoms with Gasteiger partial charge in [-0.1, -0.05) is 24.3 Å². The average molecular weight is 206 g/mol. The summed E-state index contributed by atoms with van der Waals surface area (Å²) in [6, 6.07) is 7.86. The molecule has 0 radical (unpaired) electrons. The van der Waals surface area contributed by atoms with E-state index in [2.05, 4.69) is 0 Å². The van der Waals surface area contributed by atoms with E-state index in [1.54, 1.807) is 0 Å². The molecule has 0 unspecified atom stereocenters. The molecule has 15 heavy (non-hydrogen) atoms. The molecule has 1 aliphatic heterocycles. The molecule has 1 aromatic carbocycles. The highest BCUT2D eigenvalue weighted by Crippen LogP contribution is 2.39. The largest absolute Gasteiger partial charge is 0.509 e. The van der Waals surface area contributed by atoms with E-state index in [1.165, 1.54) is 0 Å². The zero-order valence-corrected chi connectivity index (χ0v) is 9.11. The normalized spacial score (nSPS) is 23.4. The second-order valence-corrected chi connectivity index (χ2v) is 4.31. The van der Waals surface area contributed by atoms with Gasteiger partial charge < -0.3 is 9.47 Å². The van der Waals surface area contributed by atoms with Gasteiger partial charge in [0.05, 0.1) is 0 Å². The SMILES string of the molecule is Cc1ccccc1[C@H]1OC(=O)OC1(C)C. The Bertz CT molecular complexity index is 396. The first-order chi connectivity index (χ1) is 7.00. The van der Waals surface area contributed by atoms with Crippen LogP contribution >= 0.6 is 0 Å². The fourth-order valence-corrected chi connectivity index (χ4v) is 1.85. The molecule has 80 valence electrons. The van der Waals surface area contributed by atoms with Gasteiger partial charge in [-0.15, -0.1) is 0 Å². The molecule has 3 nitrogen and oxygen atoms in total. The van der Waals surface area contributed by atoms with Gasteiger partial charge in [-0.05, 0) is 31.9 Å². The molecule has 1 atom stereocenters. The third-order valence-corrected chi connectivity index (χ3v) is 2.66. The fraction of sp³-hybridized carbons (Fsp3) is 0.417. The fourth-order valence-electron chi connectivity index (χ4n) is 1.85. The van der Waals surface area contributed by atoms with E-state index in [9.17, 15) is 4.79 Å². The van der Waals surface area contributed by atoms with Crippen molar-refractivity contribution in [3.8, 4) is 0 Å². The Kier molecular flexibility index (Phi) is 2.18. The van der Waals surface area contributed by atoms with E-state index in [0.717, 1.165) is 11.1 Å². The lowest BCUT2D eigenvalue weighted by molar-refractivity contribution is 0.0639. The van der Waals surface area contributed by atoms with Crippen molar-refractivity contribution in [1.82, 2.24) is 0 Å². The molecule has 1 aromatic rings. The molecule has 1 aliphatic rings. The molecule has 3 heteroatoms. The van der Waals surface area contributed by atoms with Crippen LogP contribution in [0, 0.1) is 6.92 Å². The second kappa shape index (κ2) is 3.26. The number of benzene rings is 1. The molecule has 0 amide bonds. The van der Waals surface area contributed by atoms with Crippen LogP contribution in [0.3, 0.4) is 0 Å². The summed E-state index contributed by atoms with van der Waals surface area (Å²) < 4.78 is 10.3. The molecular weight excluding hydrogens is 192 g/mol. The van der Waals surface area contributed by atoms with Crippen molar-refractivity contribution in [1.29, 1.82) is 0 Å². The standard InChI is InChI=1S/C12H14O3/c1-8-6-4-5-7-9(8)10-12(2,3)15-11(13)14-10/h4-7,10H,1-3H3/t10-/m1/s1. The summed E-state index contributed by atoms with van der Waals surface area (Å²) in [5, 5.41) is 0. The molecule has 1 fully saturated rings. The molecule has 1 saturated heterocycles. The van der Waals surface area contributed by atoms with Crippen molar-refractivity contribution in [2.24, 2.45) is 0 Å². The van der Waals surface area contributed by atoms with Gasteiger partial charge in [0.25, 0.3) is 0 Å². The lowest BCUT2D eigenvalue weighted by atomic mass is 9.92. The number of aryl methyl sites for hydroxylation is 1. The van der Waals surface area contributed by atoms with Gasteiger partial charge in [0.2, 0.25) is 0 Å². The maximum Gasteiger partial charge on any atom is 0.509 e. The third kappa shape index (κ3) is 1.69. The Hall–Kier alpha value is -1.51. The van der Waals surface area contributed by atoms with Crippen LogP contribution in [0.2, 0.25) is 0 Å². The number of hydrogen-bond acceptors (Lipinski definition) is 3. The van der Waals surface area contributed by atoms with Crippen molar-refractivity contribution < 1.29 is 14.3 Å². The van der Waals surface area contributed by atoms with Crippen molar-refractivity contribution in [2.75, 3.05) is 0 Å². The zero-order valence-electron chi connectivity index (χ0n) is 9.11. The van der Waals surface area contributed by atoms with Crippen LogP contribution in [0.15, 0.2) is 24.3 Å². The molecule has 0 bridgehead atoms. The van der Waals surface area contributed by atoms with E-state index < -0.39 is 11.8 Å². The monoisotopic (exact) mass is 206 g/mol. The minimum Gasteiger partial charge on any atom is -0.424 e. The first-order valence-corrected chi connectivity index (χ1v) is 4.96. The van der Waals surface area contributed by atoms with Crippen LogP contribution in [-0.2, 0) is 9.47 Å². The van der Waals surface area contributed by atoms with Gasteiger partial charge in [-0.3, -0.25) is 0 Å². The molecule has 0 spiro atoms. The number of hydrogen-bond donors (Lipinski definition) is 0. The summed E-state index contributed by atoms with van der Waals surface area (Å²) in [6.45, 7) is 5.71. The van der Waals surface area contributed by atoms with Crippen LogP contribution < -0.4 is 0 Å². The van der Waals surface area contributed by atoms with E-state index in [0.29, 0.717) is 0 Å². The van der Waals surface area contributed by atoms with Gasteiger partial charge >= 0.3 is 6.16 Å². The predicted octanol–water partition coefficient (Wildman–Crippen LogP) is 2.98. The second-order valence-electron chi connectivity index (χ2n) is 4.31. The highest BCUT2D eigenvalue weighted by atomic mass is 16.8. The number of carbonyl (C=O) groups excluding carboxylic acids is 1. The van der Waals surface area contributed by atoms with Gasteiger partial charge in [0.15, 0.2) is 11.7 Å². The van der Waals surface area contributed by atoms with Crippen LogP contribution in [0.25, 0.3) is 0 Å². The first kappa shape index (κ1) is 10.0. The molecule has 0 aromatic heterocycles. The van der Waals surface area contributed by atoms with Gasteiger partial charge in [0.1, 0.15) is 0 Å². The van der Waals surface area contributed by atoms with E-state index in [4.69, 9.17) is 9.47 Å². The topological polar surface area (TPSA) is 35.5 Å². The Morgan fingerprint density at radius 3 is 2.47 bits per heavy atom. The Balaban J connectivity index is 2.40. The number of carbonyl (C=O) groups is 1. The van der Waals surface area contributed by atoms with Gasteiger partial charge in [-0.25, -0.2) is 4.79 Å². The number of ether oxygens (including phenoxy) is 2. The quantitative estimate of drug-likeness (QED) is 0.662. The zero-order chi connectivity index (χ0) is 11.1. The summed E-state index contributed by atoms with van der Waals surface area (Å²) >= 11 is 0. The molecular formula is C12H14O3. The summed E-state index contributed by atoms with van der Waals surface area (Å²) in [5.41, 5.74) is 1.52. The van der Waals surface area contributed by atoms with Crippen molar-refractivity contribution in [3.05, 3.63) is 35.4 Å². The minimum atomic E-state index is -0.594. The summed E-state index contributed by atoms with van der Waals surface area (Å²) in [4.78, 5) is 11.1. The Morgan fingerprint density at radius 2 is 1.93 bits per heavy atom. The summed E-state index contributed by atoms with van der Waals surface area (Å²) in [6.07, 6.45) is -0.903. The van der Waals surface area contributed by atoms with Crippen LogP contribution in [0.4, 0.5) is 4.79 Å². The molecule has 0 N–H and O–H groups in total. The smallest absolute Gasteiger partial charge is 0.424 e. The van der Waals surface area contributed by atoms with Gasteiger partial charge in [-0.2, -0.15) is 0 Å².